The minimum Gasteiger partial charge on any atom is -0.231 e. The van der Waals surface area contributed by atoms with Crippen LogP contribution in [0.2, 0.25) is 0 Å². The summed E-state index contributed by atoms with van der Waals surface area (Å²) in [6.45, 7) is 2.09. The molecule has 0 saturated heterocycles. The number of allylic oxidation sites excluding steroid dienone is 2. The molecular weight excluding hydrogens is 192 g/mol. The number of hydrogen-bond acceptors (Lipinski definition) is 3. The first-order valence-electron chi connectivity index (χ1n) is 4.93. The Balaban J connectivity index is 1.75. The van der Waals surface area contributed by atoms with Gasteiger partial charge in [-0.15, -0.1) is 0 Å². The molecule has 2 atom stereocenters. The van der Waals surface area contributed by atoms with E-state index in [9.17, 15) is 0 Å². The molecule has 0 amide bonds. The van der Waals surface area contributed by atoms with Crippen molar-refractivity contribution in [2.24, 2.45) is 11.8 Å². The summed E-state index contributed by atoms with van der Waals surface area (Å²) in [5.41, 5.74) is 0. The summed E-state index contributed by atoms with van der Waals surface area (Å²) in [6.07, 6.45) is 9.38. The normalized spacial score (nSPS) is 25.5. The highest BCUT2D eigenvalue weighted by molar-refractivity contribution is 7.99. The van der Waals surface area contributed by atoms with Crippen LogP contribution in [0.4, 0.5) is 0 Å². The van der Waals surface area contributed by atoms with E-state index in [0.717, 1.165) is 22.7 Å². The van der Waals surface area contributed by atoms with E-state index < -0.39 is 0 Å². The lowest BCUT2D eigenvalue weighted by atomic mass is 10.3. The second kappa shape index (κ2) is 4.60. The Morgan fingerprint density at radius 1 is 1.50 bits per heavy atom. The molecule has 74 valence electrons. The van der Waals surface area contributed by atoms with Gasteiger partial charge in [0.1, 0.15) is 0 Å². The van der Waals surface area contributed by atoms with Crippen LogP contribution in [0.25, 0.3) is 0 Å². The van der Waals surface area contributed by atoms with Crippen molar-refractivity contribution in [2.45, 2.75) is 18.5 Å². The van der Waals surface area contributed by atoms with Crippen LogP contribution in [0.1, 0.15) is 13.3 Å². The van der Waals surface area contributed by atoms with E-state index in [4.69, 9.17) is 0 Å². The molecule has 0 aliphatic heterocycles. The van der Waals surface area contributed by atoms with Gasteiger partial charge in [-0.3, -0.25) is 0 Å². The lowest BCUT2D eigenvalue weighted by molar-refractivity contribution is 0.899. The van der Waals surface area contributed by atoms with Crippen molar-refractivity contribution in [2.75, 3.05) is 5.75 Å². The maximum absolute atomic E-state index is 4.18. The molecule has 1 aliphatic carbocycles. The number of hydrogen-bond donors (Lipinski definition) is 0. The van der Waals surface area contributed by atoms with E-state index in [1.807, 2.05) is 6.07 Å². The molecule has 0 spiro atoms. The van der Waals surface area contributed by atoms with E-state index in [0.29, 0.717) is 0 Å². The molecule has 0 N–H and O–H groups in total. The number of rotatable bonds is 4. The smallest absolute Gasteiger partial charge is 0.187 e. The highest BCUT2D eigenvalue weighted by atomic mass is 32.2. The summed E-state index contributed by atoms with van der Waals surface area (Å²) in [5.74, 6) is 2.81. The Labute approximate surface area is 88.9 Å². The minimum absolute atomic E-state index is 0.816. The van der Waals surface area contributed by atoms with Crippen LogP contribution in [0.15, 0.2) is 35.8 Å². The molecule has 2 rings (SSSR count). The van der Waals surface area contributed by atoms with Crippen LogP contribution in [0.5, 0.6) is 0 Å². The Bertz CT molecular complexity index is 310. The third kappa shape index (κ3) is 2.58. The summed E-state index contributed by atoms with van der Waals surface area (Å²) in [5, 5.41) is 0.902. The van der Waals surface area contributed by atoms with Crippen molar-refractivity contribution in [1.82, 2.24) is 9.97 Å². The molecule has 14 heavy (non-hydrogen) atoms. The van der Waals surface area contributed by atoms with Gasteiger partial charge >= 0.3 is 0 Å². The van der Waals surface area contributed by atoms with E-state index in [1.165, 1.54) is 6.42 Å². The molecule has 2 nitrogen and oxygen atoms in total. The Morgan fingerprint density at radius 3 is 3.00 bits per heavy atom. The van der Waals surface area contributed by atoms with Gasteiger partial charge in [-0.1, -0.05) is 23.9 Å². The lowest BCUT2D eigenvalue weighted by Gasteiger charge is -1.96. The second-order valence-electron chi connectivity index (χ2n) is 3.53. The predicted octanol–water partition coefficient (Wildman–Crippen LogP) is 2.78. The summed E-state index contributed by atoms with van der Waals surface area (Å²) >= 11 is 1.76. The van der Waals surface area contributed by atoms with E-state index in [-0.39, 0.29) is 0 Å². The SMILES string of the molecule is C/C=C/[C@H]1C[C@H]1CSc1ncccn1. The van der Waals surface area contributed by atoms with Crippen LogP contribution < -0.4 is 0 Å². The molecule has 0 radical (unpaired) electrons. The predicted molar refractivity (Wildman–Crippen MR) is 59.2 cm³/mol. The summed E-state index contributed by atoms with van der Waals surface area (Å²) < 4.78 is 0. The molecule has 3 heteroatoms. The zero-order chi connectivity index (χ0) is 9.80. The fraction of sp³-hybridized carbons (Fsp3) is 0.455. The van der Waals surface area contributed by atoms with Crippen molar-refractivity contribution in [3.05, 3.63) is 30.6 Å². The largest absolute Gasteiger partial charge is 0.231 e. The Hall–Kier alpha value is -0.830. The van der Waals surface area contributed by atoms with Crippen LogP contribution >= 0.6 is 11.8 Å². The summed E-state index contributed by atoms with van der Waals surface area (Å²) in [6, 6.07) is 1.85. The van der Waals surface area contributed by atoms with Crippen molar-refractivity contribution >= 4 is 11.8 Å². The highest BCUT2D eigenvalue weighted by Gasteiger charge is 2.34. The minimum atomic E-state index is 0.816. The fourth-order valence-corrected chi connectivity index (χ4v) is 2.50. The monoisotopic (exact) mass is 206 g/mol. The van der Waals surface area contributed by atoms with Gasteiger partial charge in [0.2, 0.25) is 0 Å². The number of nitrogens with zero attached hydrogens (tertiary/aromatic N) is 2. The quantitative estimate of drug-likeness (QED) is 0.430. The van der Waals surface area contributed by atoms with Crippen LogP contribution in [0, 0.1) is 11.8 Å². The van der Waals surface area contributed by atoms with Gasteiger partial charge < -0.3 is 0 Å². The average Bonchev–Trinajstić information content (AvgIpc) is 2.96. The van der Waals surface area contributed by atoms with E-state index in [2.05, 4.69) is 29.0 Å². The van der Waals surface area contributed by atoms with E-state index in [1.54, 1.807) is 24.2 Å². The third-order valence-electron chi connectivity index (χ3n) is 2.39. The molecule has 1 aliphatic rings. The van der Waals surface area contributed by atoms with Crippen molar-refractivity contribution in [1.29, 1.82) is 0 Å². The lowest BCUT2D eigenvalue weighted by Crippen LogP contribution is -1.88. The zero-order valence-corrected chi connectivity index (χ0v) is 9.07. The van der Waals surface area contributed by atoms with Gasteiger partial charge in [-0.25, -0.2) is 9.97 Å². The summed E-state index contributed by atoms with van der Waals surface area (Å²) in [4.78, 5) is 8.37. The topological polar surface area (TPSA) is 25.8 Å². The Kier molecular flexibility index (Phi) is 3.19. The first kappa shape index (κ1) is 9.71. The van der Waals surface area contributed by atoms with Crippen LogP contribution in [-0.4, -0.2) is 15.7 Å². The van der Waals surface area contributed by atoms with Crippen molar-refractivity contribution in [3.8, 4) is 0 Å². The molecule has 0 bridgehead atoms. The molecule has 1 fully saturated rings. The standard InChI is InChI=1S/C11H14N2S/c1-2-4-9-7-10(9)8-14-11-12-5-3-6-13-11/h2-6,9-10H,7-8H2,1H3/b4-2+/t9-,10-/m0/s1. The highest BCUT2D eigenvalue weighted by Crippen LogP contribution is 2.42. The molecule has 0 aromatic carbocycles. The molecule has 1 saturated carbocycles. The van der Waals surface area contributed by atoms with Gasteiger partial charge in [0, 0.05) is 18.1 Å². The van der Waals surface area contributed by atoms with Gasteiger partial charge in [0.25, 0.3) is 0 Å². The van der Waals surface area contributed by atoms with Gasteiger partial charge in [0.05, 0.1) is 0 Å². The first-order chi connectivity index (χ1) is 6.90. The molecule has 0 unspecified atom stereocenters. The zero-order valence-electron chi connectivity index (χ0n) is 8.26. The van der Waals surface area contributed by atoms with Gasteiger partial charge in [-0.05, 0) is 31.2 Å². The van der Waals surface area contributed by atoms with Gasteiger partial charge in [-0.2, -0.15) is 0 Å². The molecule has 1 aromatic rings. The second-order valence-corrected chi connectivity index (χ2v) is 4.51. The average molecular weight is 206 g/mol. The van der Waals surface area contributed by atoms with Crippen LogP contribution in [-0.2, 0) is 0 Å². The van der Waals surface area contributed by atoms with Crippen molar-refractivity contribution in [3.63, 3.8) is 0 Å². The molecule has 1 aromatic heterocycles. The van der Waals surface area contributed by atoms with Crippen molar-refractivity contribution < 1.29 is 0 Å². The summed E-state index contributed by atoms with van der Waals surface area (Å²) in [7, 11) is 0. The Morgan fingerprint density at radius 2 is 2.29 bits per heavy atom. The molecule has 1 heterocycles. The third-order valence-corrected chi connectivity index (χ3v) is 3.45. The fourth-order valence-electron chi connectivity index (χ4n) is 1.49. The molecular formula is C11H14N2S. The number of thioether (sulfide) groups is 1. The van der Waals surface area contributed by atoms with Crippen LogP contribution in [0.3, 0.4) is 0 Å². The van der Waals surface area contributed by atoms with E-state index >= 15 is 0 Å². The first-order valence-corrected chi connectivity index (χ1v) is 5.91. The maximum Gasteiger partial charge on any atom is 0.187 e. The number of aromatic nitrogens is 2. The van der Waals surface area contributed by atoms with Gasteiger partial charge in [0.15, 0.2) is 5.16 Å². The maximum atomic E-state index is 4.18.